The Bertz CT molecular complexity index is 1100. The van der Waals surface area contributed by atoms with Crippen LogP contribution in [0, 0.1) is 12.8 Å². The Balaban J connectivity index is 1.39. The van der Waals surface area contributed by atoms with E-state index < -0.39 is 0 Å². The van der Waals surface area contributed by atoms with Crippen molar-refractivity contribution < 1.29 is 9.59 Å². The van der Waals surface area contributed by atoms with Crippen LogP contribution in [-0.2, 0) is 24.7 Å². The molecule has 4 rings (SSSR count). The van der Waals surface area contributed by atoms with Crippen LogP contribution in [0.4, 0.5) is 0 Å². The molecule has 1 aromatic carbocycles. The van der Waals surface area contributed by atoms with Gasteiger partial charge in [0, 0.05) is 44.5 Å². The van der Waals surface area contributed by atoms with Gasteiger partial charge in [-0.15, -0.1) is 11.3 Å². The fraction of sp³-hybridized carbons (Fsp3) is 0.464. The molecule has 186 valence electrons. The van der Waals surface area contributed by atoms with Crippen LogP contribution in [0.2, 0.25) is 0 Å². The van der Waals surface area contributed by atoms with Gasteiger partial charge in [0.1, 0.15) is 5.69 Å². The van der Waals surface area contributed by atoms with Crippen molar-refractivity contribution in [3.63, 3.8) is 0 Å². The highest BCUT2D eigenvalue weighted by atomic mass is 32.1. The number of rotatable bonds is 9. The number of piperidine rings is 1. The number of hydrogen-bond donors (Lipinski definition) is 0. The van der Waals surface area contributed by atoms with E-state index in [0.717, 1.165) is 50.9 Å². The third kappa shape index (κ3) is 6.40. The first kappa shape index (κ1) is 25.2. The van der Waals surface area contributed by atoms with E-state index in [9.17, 15) is 9.59 Å². The van der Waals surface area contributed by atoms with E-state index in [-0.39, 0.29) is 17.9 Å². The first-order valence-corrected chi connectivity index (χ1v) is 13.4. The molecule has 0 bridgehead atoms. The molecule has 7 heteroatoms. The van der Waals surface area contributed by atoms with Crippen molar-refractivity contribution in [3.05, 3.63) is 75.7 Å². The number of nitrogens with zero attached hydrogens (tertiary/aromatic N) is 4. The summed E-state index contributed by atoms with van der Waals surface area (Å²) in [6, 6.07) is 16.5. The largest absolute Gasteiger partial charge is 0.343 e. The molecule has 1 saturated heterocycles. The predicted octanol–water partition coefficient (Wildman–Crippen LogP) is 4.73. The van der Waals surface area contributed by atoms with E-state index in [1.807, 2.05) is 43.0 Å². The summed E-state index contributed by atoms with van der Waals surface area (Å²) in [5.41, 5.74) is 2.68. The van der Waals surface area contributed by atoms with Crippen LogP contribution >= 0.6 is 11.3 Å². The molecule has 1 atom stereocenters. The average molecular weight is 493 g/mol. The van der Waals surface area contributed by atoms with Gasteiger partial charge in [0.05, 0.1) is 5.69 Å². The normalized spacial score (nSPS) is 15.2. The summed E-state index contributed by atoms with van der Waals surface area (Å²) in [7, 11) is 3.74. The van der Waals surface area contributed by atoms with Crippen molar-refractivity contribution in [2.24, 2.45) is 13.0 Å². The Morgan fingerprint density at radius 2 is 1.89 bits per heavy atom. The number of carbonyl (C=O) groups excluding carboxylic acids is 2. The second kappa shape index (κ2) is 11.7. The second-order valence-electron chi connectivity index (χ2n) is 9.62. The molecular weight excluding hydrogens is 456 g/mol. The third-order valence-corrected chi connectivity index (χ3v) is 8.09. The SMILES string of the molecule is Cc1cc(C(=O)N(C)C(Cc2ccccc2)C2CCN(C(=O)CCCc3cccs3)CC2)n(C)n1. The number of hydrogen-bond acceptors (Lipinski definition) is 4. The molecule has 0 aliphatic carbocycles. The van der Waals surface area contributed by atoms with Gasteiger partial charge in [-0.25, -0.2) is 0 Å². The molecular formula is C28H36N4O2S. The number of likely N-dealkylation sites (N-methyl/N-ethyl adjacent to an activating group) is 1. The number of benzene rings is 1. The topological polar surface area (TPSA) is 58.4 Å². The molecule has 3 heterocycles. The zero-order valence-electron chi connectivity index (χ0n) is 21.0. The van der Waals surface area contributed by atoms with E-state index in [4.69, 9.17) is 0 Å². The van der Waals surface area contributed by atoms with Gasteiger partial charge < -0.3 is 9.80 Å². The van der Waals surface area contributed by atoms with Gasteiger partial charge >= 0.3 is 0 Å². The zero-order chi connectivity index (χ0) is 24.8. The van der Waals surface area contributed by atoms with Gasteiger partial charge in [0.2, 0.25) is 5.91 Å². The van der Waals surface area contributed by atoms with Gasteiger partial charge in [-0.1, -0.05) is 36.4 Å². The van der Waals surface area contributed by atoms with Gasteiger partial charge in [-0.2, -0.15) is 5.10 Å². The van der Waals surface area contributed by atoms with Gasteiger partial charge in [0.15, 0.2) is 0 Å². The second-order valence-corrected chi connectivity index (χ2v) is 10.7. The van der Waals surface area contributed by atoms with Crippen LogP contribution in [0.1, 0.15) is 52.3 Å². The molecule has 0 saturated carbocycles. The van der Waals surface area contributed by atoms with Crippen molar-refractivity contribution in [3.8, 4) is 0 Å². The summed E-state index contributed by atoms with van der Waals surface area (Å²) in [6.07, 6.45) is 5.11. The first-order chi connectivity index (χ1) is 16.9. The quantitative estimate of drug-likeness (QED) is 0.434. The number of aryl methyl sites for hydroxylation is 3. The van der Waals surface area contributed by atoms with Crippen LogP contribution in [0.15, 0.2) is 53.9 Å². The van der Waals surface area contributed by atoms with E-state index in [0.29, 0.717) is 18.0 Å². The Kier molecular flexibility index (Phi) is 8.39. The highest BCUT2D eigenvalue weighted by Crippen LogP contribution is 2.28. The summed E-state index contributed by atoms with van der Waals surface area (Å²) in [5.74, 6) is 0.601. The maximum Gasteiger partial charge on any atom is 0.272 e. The summed E-state index contributed by atoms with van der Waals surface area (Å²) in [5, 5.41) is 6.45. The fourth-order valence-corrected chi connectivity index (χ4v) is 5.93. The molecule has 2 aromatic heterocycles. The van der Waals surface area contributed by atoms with Crippen molar-refractivity contribution in [2.45, 2.75) is 51.5 Å². The van der Waals surface area contributed by atoms with Crippen molar-refractivity contribution >= 4 is 23.2 Å². The number of carbonyl (C=O) groups is 2. The van der Waals surface area contributed by atoms with Crippen molar-refractivity contribution in [1.82, 2.24) is 19.6 Å². The predicted molar refractivity (Wildman–Crippen MR) is 141 cm³/mol. The fourth-order valence-electron chi connectivity index (χ4n) is 5.18. The Labute approximate surface area is 212 Å². The Hall–Kier alpha value is -2.93. The lowest BCUT2D eigenvalue weighted by Crippen LogP contribution is -2.48. The highest BCUT2D eigenvalue weighted by molar-refractivity contribution is 7.09. The molecule has 0 spiro atoms. The van der Waals surface area contributed by atoms with Crippen LogP contribution in [0.25, 0.3) is 0 Å². The summed E-state index contributed by atoms with van der Waals surface area (Å²) in [6.45, 7) is 3.44. The molecule has 6 nitrogen and oxygen atoms in total. The van der Waals surface area contributed by atoms with Crippen LogP contribution in [0.5, 0.6) is 0 Å². The standard InChI is InChI=1S/C28H36N4O2S/c1-21-19-26(31(3)29-21)28(34)30(2)25(20-22-9-5-4-6-10-22)23-14-16-32(17-15-23)27(33)13-7-11-24-12-8-18-35-24/h4-6,8-10,12,18-19,23,25H,7,11,13-17,20H2,1-3H3. The lowest BCUT2D eigenvalue weighted by Gasteiger charge is -2.40. The molecule has 1 aliphatic heterocycles. The number of thiophene rings is 1. The molecule has 0 radical (unpaired) electrons. The molecule has 3 aromatic rings. The molecule has 2 amide bonds. The van der Waals surface area contributed by atoms with E-state index in [1.54, 1.807) is 16.0 Å². The first-order valence-electron chi connectivity index (χ1n) is 12.5. The summed E-state index contributed by atoms with van der Waals surface area (Å²) >= 11 is 1.76. The van der Waals surface area contributed by atoms with Crippen LogP contribution in [0.3, 0.4) is 0 Å². The maximum absolute atomic E-state index is 13.4. The van der Waals surface area contributed by atoms with Crippen molar-refractivity contribution in [2.75, 3.05) is 20.1 Å². The number of aromatic nitrogens is 2. The molecule has 1 aliphatic rings. The Morgan fingerprint density at radius 3 is 2.51 bits per heavy atom. The van der Waals surface area contributed by atoms with Crippen LogP contribution < -0.4 is 0 Å². The number of likely N-dealkylation sites (tertiary alicyclic amines) is 1. The summed E-state index contributed by atoms with van der Waals surface area (Å²) in [4.78, 5) is 31.5. The molecule has 35 heavy (non-hydrogen) atoms. The third-order valence-electron chi connectivity index (χ3n) is 7.16. The monoisotopic (exact) mass is 492 g/mol. The minimum Gasteiger partial charge on any atom is -0.343 e. The minimum atomic E-state index is 0.00103. The lowest BCUT2D eigenvalue weighted by atomic mass is 9.84. The van der Waals surface area contributed by atoms with Crippen molar-refractivity contribution in [1.29, 1.82) is 0 Å². The van der Waals surface area contributed by atoms with Gasteiger partial charge in [-0.3, -0.25) is 14.3 Å². The highest BCUT2D eigenvalue weighted by Gasteiger charge is 2.33. The molecule has 1 unspecified atom stereocenters. The molecule has 1 fully saturated rings. The molecule has 0 N–H and O–H groups in total. The maximum atomic E-state index is 13.4. The zero-order valence-corrected chi connectivity index (χ0v) is 21.8. The van der Waals surface area contributed by atoms with E-state index >= 15 is 0 Å². The Morgan fingerprint density at radius 1 is 1.14 bits per heavy atom. The average Bonchev–Trinajstić information content (AvgIpc) is 3.51. The van der Waals surface area contributed by atoms with Gasteiger partial charge in [-0.05, 0) is 68.0 Å². The number of amides is 2. The van der Waals surface area contributed by atoms with Gasteiger partial charge in [0.25, 0.3) is 5.91 Å². The van der Waals surface area contributed by atoms with Crippen LogP contribution in [-0.4, -0.2) is 57.6 Å². The minimum absolute atomic E-state index is 0.00103. The van der Waals surface area contributed by atoms with E-state index in [2.05, 4.69) is 46.9 Å². The lowest BCUT2D eigenvalue weighted by molar-refractivity contribution is -0.133. The van der Waals surface area contributed by atoms with E-state index in [1.165, 1.54) is 10.4 Å². The smallest absolute Gasteiger partial charge is 0.272 e. The summed E-state index contributed by atoms with van der Waals surface area (Å²) < 4.78 is 1.67.